The molecule has 2 aromatic rings. The van der Waals surface area contributed by atoms with Gasteiger partial charge in [0.15, 0.2) is 16.3 Å². The smallest absolute Gasteiger partial charge is 0.264 e. The van der Waals surface area contributed by atoms with Crippen molar-refractivity contribution in [2.24, 2.45) is 0 Å². The second-order valence-corrected chi connectivity index (χ2v) is 10.1. The van der Waals surface area contributed by atoms with Crippen LogP contribution in [0, 0.1) is 0 Å². The number of benzene rings is 1. The Morgan fingerprint density at radius 1 is 1.11 bits per heavy atom. The molecule has 0 amide bonds. The zero-order valence-corrected chi connectivity index (χ0v) is 17.1. The fraction of sp³-hybridized carbons (Fsp3) is 0.235. The fourth-order valence-corrected chi connectivity index (χ4v) is 5.03. The molecule has 0 unspecified atom stereocenters. The Morgan fingerprint density at radius 3 is 2.54 bits per heavy atom. The largest absolute Gasteiger partial charge is 0.743 e. The molecule has 0 spiro atoms. The zero-order valence-electron chi connectivity index (χ0n) is 14.6. The summed E-state index contributed by atoms with van der Waals surface area (Å²) in [7, 11) is -8.52. The monoisotopic (exact) mass is 442 g/mol. The molecule has 0 radical (unpaired) electrons. The van der Waals surface area contributed by atoms with E-state index in [9.17, 15) is 21.4 Å². The van der Waals surface area contributed by atoms with Crippen LogP contribution in [0.5, 0.6) is 0 Å². The first-order valence-electron chi connectivity index (χ1n) is 8.26. The van der Waals surface area contributed by atoms with E-state index >= 15 is 0 Å². The highest BCUT2D eigenvalue weighted by molar-refractivity contribution is 8.03. The second kappa shape index (κ2) is 8.21. The van der Waals surface area contributed by atoms with Crippen molar-refractivity contribution in [1.29, 1.82) is 0 Å². The quantitative estimate of drug-likeness (QED) is 0.508. The average molecular weight is 443 g/mol. The van der Waals surface area contributed by atoms with E-state index < -0.39 is 26.1 Å². The van der Waals surface area contributed by atoms with Crippen LogP contribution in [-0.2, 0) is 26.1 Å². The molecule has 0 saturated carbocycles. The summed E-state index contributed by atoms with van der Waals surface area (Å²) in [5.41, 5.74) is 1.42. The molecule has 0 atom stereocenters. The molecule has 0 fully saturated rings. The van der Waals surface area contributed by atoms with Crippen molar-refractivity contribution in [2.45, 2.75) is 17.2 Å². The van der Waals surface area contributed by atoms with E-state index in [2.05, 4.69) is 0 Å². The summed E-state index contributed by atoms with van der Waals surface area (Å²) in [6.07, 6.45) is 3.48. The van der Waals surface area contributed by atoms with Gasteiger partial charge >= 0.3 is 0 Å². The summed E-state index contributed by atoms with van der Waals surface area (Å²) in [4.78, 5) is 2.88. The van der Waals surface area contributed by atoms with Gasteiger partial charge in [-0.15, -0.1) is 0 Å². The number of anilines is 1. The Morgan fingerprint density at radius 2 is 1.82 bits per heavy atom. The van der Waals surface area contributed by atoms with Crippen LogP contribution >= 0.6 is 11.8 Å². The molecule has 28 heavy (non-hydrogen) atoms. The van der Waals surface area contributed by atoms with E-state index in [1.54, 1.807) is 24.3 Å². The first-order valence-corrected chi connectivity index (χ1v) is 12.3. The standard InChI is InChI=1S/C17H18N2O6S3/c20-27(21,22)11-5-10-19-15-7-1-2-8-16(15)26-17(19)12-14-6-3-4-9-18(14)13-28(23,24)25/h1-4,6-9,12H,5,10-11,13H2,(H-,20,21,22,23,24,25). The maximum atomic E-state index is 11.2. The van der Waals surface area contributed by atoms with Gasteiger partial charge < -0.3 is 9.45 Å². The van der Waals surface area contributed by atoms with Crippen molar-refractivity contribution >= 4 is 43.8 Å². The normalized spacial score (nSPS) is 15.8. The van der Waals surface area contributed by atoms with Gasteiger partial charge in [0.1, 0.15) is 0 Å². The third-order valence-corrected chi connectivity index (χ3v) is 6.48. The van der Waals surface area contributed by atoms with Crippen LogP contribution in [0.2, 0.25) is 0 Å². The lowest BCUT2D eigenvalue weighted by Gasteiger charge is -2.20. The Bertz CT molecular complexity index is 1110. The van der Waals surface area contributed by atoms with E-state index in [0.717, 1.165) is 15.6 Å². The van der Waals surface area contributed by atoms with E-state index in [1.165, 1.54) is 22.5 Å². The van der Waals surface area contributed by atoms with Gasteiger partial charge in [-0.25, -0.2) is 8.42 Å². The van der Waals surface area contributed by atoms with Crippen LogP contribution in [0.25, 0.3) is 6.08 Å². The molecule has 1 aliphatic heterocycles. The lowest BCUT2D eigenvalue weighted by molar-refractivity contribution is -0.679. The molecule has 0 aliphatic carbocycles. The van der Waals surface area contributed by atoms with Gasteiger partial charge in [0, 0.05) is 29.6 Å². The summed E-state index contributed by atoms with van der Waals surface area (Å²) in [5.74, 6) is -1.04. The first kappa shape index (κ1) is 20.8. The molecule has 150 valence electrons. The predicted octanol–water partition coefficient (Wildman–Crippen LogP) is 1.67. The lowest BCUT2D eigenvalue weighted by atomic mass is 10.2. The SMILES string of the molecule is O=S(=O)([O-])C[n+]1ccccc1/C=C1/Sc2ccccc2N1CCCS(=O)(=O)O. The van der Waals surface area contributed by atoms with Gasteiger partial charge in [-0.05, 0) is 24.6 Å². The summed E-state index contributed by atoms with van der Waals surface area (Å²) < 4.78 is 65.9. The number of pyridine rings is 1. The molecule has 8 nitrogen and oxygen atoms in total. The minimum atomic E-state index is -4.46. The van der Waals surface area contributed by atoms with E-state index in [4.69, 9.17) is 4.55 Å². The maximum Gasteiger partial charge on any atom is 0.264 e. The minimum absolute atomic E-state index is 0.217. The predicted molar refractivity (Wildman–Crippen MR) is 105 cm³/mol. The van der Waals surface area contributed by atoms with Crippen LogP contribution < -0.4 is 9.47 Å². The van der Waals surface area contributed by atoms with Crippen LogP contribution in [0.3, 0.4) is 0 Å². The van der Waals surface area contributed by atoms with Crippen molar-refractivity contribution in [2.75, 3.05) is 17.2 Å². The van der Waals surface area contributed by atoms with Crippen molar-refractivity contribution in [3.05, 3.63) is 59.4 Å². The number of aromatic nitrogens is 1. The maximum absolute atomic E-state index is 11.2. The highest BCUT2D eigenvalue weighted by atomic mass is 32.2. The molecular formula is C17H18N2O6S3. The number of para-hydroxylation sites is 1. The fourth-order valence-electron chi connectivity index (χ4n) is 2.83. The highest BCUT2D eigenvalue weighted by Gasteiger charge is 2.26. The van der Waals surface area contributed by atoms with Gasteiger partial charge in [-0.3, -0.25) is 4.55 Å². The summed E-state index contributed by atoms with van der Waals surface area (Å²) in [6.45, 7) is 0.350. The molecule has 11 heteroatoms. The van der Waals surface area contributed by atoms with Crippen molar-refractivity contribution < 1.29 is 30.5 Å². The number of thioether (sulfide) groups is 1. The molecule has 1 N–H and O–H groups in total. The first-order chi connectivity index (χ1) is 13.1. The van der Waals surface area contributed by atoms with Gasteiger partial charge in [-0.2, -0.15) is 13.0 Å². The molecule has 0 bridgehead atoms. The van der Waals surface area contributed by atoms with Crippen LogP contribution in [0.4, 0.5) is 5.69 Å². The van der Waals surface area contributed by atoms with E-state index in [0.29, 0.717) is 12.2 Å². The van der Waals surface area contributed by atoms with Crippen LogP contribution in [0.15, 0.2) is 58.6 Å². The van der Waals surface area contributed by atoms with E-state index in [-0.39, 0.29) is 12.2 Å². The summed E-state index contributed by atoms with van der Waals surface area (Å²) in [6, 6.07) is 12.6. The number of hydrogen-bond acceptors (Lipinski definition) is 7. The number of nitrogens with zero attached hydrogens (tertiary/aromatic N) is 2. The minimum Gasteiger partial charge on any atom is -0.743 e. The van der Waals surface area contributed by atoms with Gasteiger partial charge in [0.05, 0.1) is 16.5 Å². The average Bonchev–Trinajstić information content (AvgIpc) is 2.92. The molecule has 1 aromatic heterocycles. The van der Waals surface area contributed by atoms with E-state index in [1.807, 2.05) is 29.2 Å². The summed E-state index contributed by atoms with van der Waals surface area (Å²) >= 11 is 1.46. The Balaban J connectivity index is 1.94. The Kier molecular flexibility index (Phi) is 6.10. The summed E-state index contributed by atoms with van der Waals surface area (Å²) in [5, 5.41) is 0.764. The van der Waals surface area contributed by atoms with Gasteiger partial charge in [0.2, 0.25) is 11.6 Å². The molecule has 1 aliphatic rings. The van der Waals surface area contributed by atoms with Crippen LogP contribution in [-0.4, -0.2) is 38.2 Å². The third-order valence-electron chi connectivity index (χ3n) is 3.96. The molecular weight excluding hydrogens is 424 g/mol. The lowest BCUT2D eigenvalue weighted by Crippen LogP contribution is -2.40. The highest BCUT2D eigenvalue weighted by Crippen LogP contribution is 2.46. The van der Waals surface area contributed by atoms with Crippen molar-refractivity contribution in [3.8, 4) is 0 Å². The van der Waals surface area contributed by atoms with Crippen molar-refractivity contribution in [1.82, 2.24) is 0 Å². The molecule has 1 aromatic carbocycles. The zero-order chi connectivity index (χ0) is 20.4. The van der Waals surface area contributed by atoms with Gasteiger partial charge in [0.25, 0.3) is 10.1 Å². The second-order valence-electron chi connectivity index (χ2n) is 6.13. The Labute approximate surface area is 168 Å². The van der Waals surface area contributed by atoms with Gasteiger partial charge in [-0.1, -0.05) is 23.9 Å². The van der Waals surface area contributed by atoms with Crippen molar-refractivity contribution in [3.63, 3.8) is 0 Å². The number of hydrogen-bond donors (Lipinski definition) is 1. The Hall–Kier alpha value is -1.92. The molecule has 0 saturated heterocycles. The number of rotatable bonds is 7. The topological polar surface area (TPSA) is 119 Å². The number of fused-ring (bicyclic) bond motifs is 1. The third kappa shape index (κ3) is 5.55. The molecule has 3 rings (SSSR count). The molecule has 2 heterocycles. The van der Waals surface area contributed by atoms with Crippen LogP contribution in [0.1, 0.15) is 12.1 Å².